The van der Waals surface area contributed by atoms with Gasteiger partial charge in [-0.15, -0.1) is 0 Å². The highest BCUT2D eigenvalue weighted by Gasteiger charge is 2.26. The first kappa shape index (κ1) is 17.5. The molecule has 126 valence electrons. The summed E-state index contributed by atoms with van der Waals surface area (Å²) in [7, 11) is -2.37. The number of nitrogens with one attached hydrogen (secondary N) is 1. The maximum absolute atomic E-state index is 13.6. The Balaban J connectivity index is 2.23. The van der Waals surface area contributed by atoms with Crippen molar-refractivity contribution >= 4 is 10.0 Å². The quantitative estimate of drug-likeness (QED) is 0.856. The van der Waals surface area contributed by atoms with Crippen LogP contribution < -0.4 is 4.72 Å². The van der Waals surface area contributed by atoms with Gasteiger partial charge in [-0.25, -0.2) is 21.9 Å². The topological polar surface area (TPSA) is 84.2 Å². The molecule has 0 saturated heterocycles. The molecule has 2 aromatic rings. The van der Waals surface area contributed by atoms with Crippen molar-refractivity contribution in [1.82, 2.24) is 14.5 Å². The fourth-order valence-electron chi connectivity index (χ4n) is 2.34. The van der Waals surface area contributed by atoms with Crippen LogP contribution in [-0.2, 0) is 17.1 Å². The Labute approximate surface area is 132 Å². The van der Waals surface area contributed by atoms with Crippen LogP contribution in [0.25, 0.3) is 0 Å². The molecule has 0 aliphatic carbocycles. The average Bonchev–Trinajstić information content (AvgIpc) is 2.70. The van der Waals surface area contributed by atoms with E-state index in [4.69, 9.17) is 0 Å². The fourth-order valence-corrected chi connectivity index (χ4v) is 3.81. The zero-order valence-corrected chi connectivity index (χ0v) is 13.7. The summed E-state index contributed by atoms with van der Waals surface area (Å²) >= 11 is 0. The van der Waals surface area contributed by atoms with Gasteiger partial charge in [0.15, 0.2) is 0 Å². The summed E-state index contributed by atoms with van der Waals surface area (Å²) in [6.45, 7) is 2.56. The number of hydrogen-bond acceptors (Lipinski definition) is 4. The third kappa shape index (κ3) is 3.41. The van der Waals surface area contributed by atoms with Gasteiger partial charge in [0.1, 0.15) is 16.5 Å². The van der Waals surface area contributed by atoms with E-state index in [0.29, 0.717) is 11.4 Å². The Bertz CT molecular complexity index is 814. The highest BCUT2D eigenvalue weighted by Crippen LogP contribution is 2.22. The van der Waals surface area contributed by atoms with Gasteiger partial charge in [0.05, 0.1) is 23.1 Å². The summed E-state index contributed by atoms with van der Waals surface area (Å²) in [6.07, 6.45) is -1.65. The lowest BCUT2D eigenvalue weighted by Crippen LogP contribution is -2.30. The molecule has 0 fully saturated rings. The molecule has 1 aromatic heterocycles. The number of halogens is 2. The van der Waals surface area contributed by atoms with Crippen molar-refractivity contribution in [3.05, 3.63) is 46.8 Å². The summed E-state index contributed by atoms with van der Waals surface area (Å²) in [5.41, 5.74) is 0.139. The predicted molar refractivity (Wildman–Crippen MR) is 79.2 cm³/mol. The van der Waals surface area contributed by atoms with Gasteiger partial charge in [-0.2, -0.15) is 5.10 Å². The molecule has 0 saturated carbocycles. The zero-order chi connectivity index (χ0) is 17.4. The van der Waals surface area contributed by atoms with Crippen molar-refractivity contribution in [2.75, 3.05) is 6.54 Å². The van der Waals surface area contributed by atoms with Gasteiger partial charge < -0.3 is 5.11 Å². The molecule has 9 heteroatoms. The van der Waals surface area contributed by atoms with Gasteiger partial charge in [-0.05, 0) is 26.0 Å². The minimum Gasteiger partial charge on any atom is -0.387 e. The second-order valence-electron chi connectivity index (χ2n) is 5.13. The lowest BCUT2D eigenvalue weighted by atomic mass is 10.1. The maximum Gasteiger partial charge on any atom is 0.244 e. The molecule has 1 atom stereocenters. The number of aryl methyl sites for hydroxylation is 2. The number of aliphatic hydroxyl groups excluding tert-OH is 1. The van der Waals surface area contributed by atoms with E-state index < -0.39 is 39.9 Å². The highest BCUT2D eigenvalue weighted by atomic mass is 32.2. The Morgan fingerprint density at radius 1 is 1.30 bits per heavy atom. The SMILES string of the molecule is Cc1nn(C)c(C)c1S(=O)(=O)NC[C@@H](O)c1c(F)cccc1F. The molecule has 23 heavy (non-hydrogen) atoms. The second kappa shape index (κ2) is 6.34. The molecule has 0 bridgehead atoms. The molecule has 0 radical (unpaired) electrons. The minimum atomic E-state index is -3.97. The van der Waals surface area contributed by atoms with Crippen molar-refractivity contribution in [3.63, 3.8) is 0 Å². The summed E-state index contributed by atoms with van der Waals surface area (Å²) in [4.78, 5) is -0.0128. The van der Waals surface area contributed by atoms with E-state index in [-0.39, 0.29) is 4.90 Å². The largest absolute Gasteiger partial charge is 0.387 e. The first-order valence-corrected chi connectivity index (χ1v) is 8.25. The first-order chi connectivity index (χ1) is 10.6. The van der Waals surface area contributed by atoms with E-state index in [1.807, 2.05) is 0 Å². The summed E-state index contributed by atoms with van der Waals surface area (Å²) in [6, 6.07) is 3.14. The molecule has 0 aliphatic rings. The molecule has 6 nitrogen and oxygen atoms in total. The highest BCUT2D eigenvalue weighted by molar-refractivity contribution is 7.89. The molecule has 2 N–H and O–H groups in total. The number of aliphatic hydroxyl groups is 1. The van der Waals surface area contributed by atoms with Gasteiger partial charge in [-0.1, -0.05) is 6.07 Å². The van der Waals surface area contributed by atoms with Crippen molar-refractivity contribution < 1.29 is 22.3 Å². The zero-order valence-electron chi connectivity index (χ0n) is 12.8. The molecule has 1 aromatic carbocycles. The van der Waals surface area contributed by atoms with E-state index in [9.17, 15) is 22.3 Å². The molecular formula is C14H17F2N3O3S. The fraction of sp³-hybridized carbons (Fsp3) is 0.357. The molecule has 2 rings (SSSR count). The van der Waals surface area contributed by atoms with Gasteiger partial charge in [0, 0.05) is 13.6 Å². The van der Waals surface area contributed by atoms with Gasteiger partial charge in [-0.3, -0.25) is 4.68 Å². The summed E-state index contributed by atoms with van der Waals surface area (Å²) in [5, 5.41) is 13.9. The predicted octanol–water partition coefficient (Wildman–Crippen LogP) is 1.33. The number of rotatable bonds is 5. The lowest BCUT2D eigenvalue weighted by Gasteiger charge is -2.14. The molecule has 0 spiro atoms. The third-order valence-electron chi connectivity index (χ3n) is 3.51. The molecule has 0 amide bonds. The van der Waals surface area contributed by atoms with Crippen LogP contribution in [0.3, 0.4) is 0 Å². The number of sulfonamides is 1. The van der Waals surface area contributed by atoms with Crippen LogP contribution in [0.5, 0.6) is 0 Å². The van der Waals surface area contributed by atoms with E-state index in [1.54, 1.807) is 14.0 Å². The lowest BCUT2D eigenvalue weighted by molar-refractivity contribution is 0.172. The monoisotopic (exact) mass is 345 g/mol. The van der Waals surface area contributed by atoms with E-state index in [2.05, 4.69) is 9.82 Å². The minimum absolute atomic E-state index is 0.0128. The average molecular weight is 345 g/mol. The Morgan fingerprint density at radius 3 is 2.35 bits per heavy atom. The van der Waals surface area contributed by atoms with Crippen molar-refractivity contribution in [2.24, 2.45) is 7.05 Å². The van der Waals surface area contributed by atoms with Gasteiger partial charge in [0.25, 0.3) is 0 Å². The van der Waals surface area contributed by atoms with E-state index in [0.717, 1.165) is 18.2 Å². The Kier molecular flexibility index (Phi) is 4.83. The van der Waals surface area contributed by atoms with Crippen LogP contribution in [-0.4, -0.2) is 29.8 Å². The number of aromatic nitrogens is 2. The molecule has 0 aliphatic heterocycles. The normalized spacial score (nSPS) is 13.3. The number of hydrogen-bond donors (Lipinski definition) is 2. The number of benzene rings is 1. The van der Waals surface area contributed by atoms with Crippen LogP contribution >= 0.6 is 0 Å². The van der Waals surface area contributed by atoms with Crippen LogP contribution in [0, 0.1) is 25.5 Å². The van der Waals surface area contributed by atoms with Crippen molar-refractivity contribution in [1.29, 1.82) is 0 Å². The van der Waals surface area contributed by atoms with Crippen molar-refractivity contribution in [3.8, 4) is 0 Å². The number of nitrogens with zero attached hydrogens (tertiary/aromatic N) is 2. The first-order valence-electron chi connectivity index (χ1n) is 6.77. The van der Waals surface area contributed by atoms with E-state index >= 15 is 0 Å². The van der Waals surface area contributed by atoms with Crippen LogP contribution in [0.15, 0.2) is 23.1 Å². The van der Waals surface area contributed by atoms with Crippen LogP contribution in [0.1, 0.15) is 23.1 Å². The summed E-state index contributed by atoms with van der Waals surface area (Å²) < 4.78 is 55.4. The van der Waals surface area contributed by atoms with Crippen LogP contribution in [0.4, 0.5) is 8.78 Å². The van der Waals surface area contributed by atoms with Gasteiger partial charge >= 0.3 is 0 Å². The Morgan fingerprint density at radius 2 is 1.87 bits per heavy atom. The van der Waals surface area contributed by atoms with Gasteiger partial charge in [0.2, 0.25) is 10.0 Å². The molecule has 1 heterocycles. The standard InChI is InChI=1S/C14H17F2N3O3S/c1-8-14(9(2)19(3)18-8)23(21,22)17-7-12(20)13-10(15)5-4-6-11(13)16/h4-6,12,17,20H,7H2,1-3H3/t12-/m1/s1. The third-order valence-corrected chi connectivity index (χ3v) is 5.19. The van der Waals surface area contributed by atoms with E-state index in [1.165, 1.54) is 11.6 Å². The molecule has 0 unspecified atom stereocenters. The maximum atomic E-state index is 13.6. The van der Waals surface area contributed by atoms with Crippen LogP contribution in [0.2, 0.25) is 0 Å². The summed E-state index contributed by atoms with van der Waals surface area (Å²) in [5.74, 6) is -1.88. The van der Waals surface area contributed by atoms with Crippen molar-refractivity contribution in [2.45, 2.75) is 24.8 Å². The molecular weight excluding hydrogens is 328 g/mol. The second-order valence-corrected chi connectivity index (χ2v) is 6.83. The smallest absolute Gasteiger partial charge is 0.244 e. The Hall–Kier alpha value is -1.84.